The van der Waals surface area contributed by atoms with Crippen LogP contribution in [0.25, 0.3) is 0 Å². The number of hydrogen-bond donors (Lipinski definition) is 0. The third kappa shape index (κ3) is 2.71. The van der Waals surface area contributed by atoms with Crippen LogP contribution in [-0.4, -0.2) is 42.1 Å². The van der Waals surface area contributed by atoms with E-state index in [0.717, 1.165) is 0 Å². The van der Waals surface area contributed by atoms with Crippen LogP contribution < -0.4 is 4.90 Å². The van der Waals surface area contributed by atoms with Crippen LogP contribution >= 0.6 is 0 Å². The molecule has 5 nitrogen and oxygen atoms in total. The Morgan fingerprint density at radius 2 is 1.95 bits per heavy atom. The van der Waals surface area contributed by atoms with E-state index >= 15 is 0 Å². The molecule has 0 atom stereocenters. The van der Waals surface area contributed by atoms with Crippen molar-refractivity contribution in [1.29, 1.82) is 0 Å². The van der Waals surface area contributed by atoms with Gasteiger partial charge in [-0.2, -0.15) is 0 Å². The maximum atomic E-state index is 12.3. The molecule has 1 aliphatic heterocycles. The van der Waals surface area contributed by atoms with Crippen LogP contribution in [0.5, 0.6) is 0 Å². The van der Waals surface area contributed by atoms with Gasteiger partial charge < -0.3 is 9.80 Å². The van der Waals surface area contributed by atoms with E-state index in [2.05, 4.69) is 0 Å². The van der Waals surface area contributed by atoms with Crippen molar-refractivity contribution in [2.24, 2.45) is 0 Å². The lowest BCUT2D eigenvalue weighted by atomic mass is 10.1. The van der Waals surface area contributed by atoms with Gasteiger partial charge in [0.25, 0.3) is 5.91 Å². The minimum atomic E-state index is -0.206. The predicted octanol–water partition coefficient (Wildman–Crippen LogP) is 1.47. The lowest BCUT2D eigenvalue weighted by Gasteiger charge is -2.20. The summed E-state index contributed by atoms with van der Waals surface area (Å²) in [7, 11) is 0. The fourth-order valence-electron chi connectivity index (χ4n) is 2.32. The van der Waals surface area contributed by atoms with Crippen LogP contribution in [0.1, 0.15) is 30.6 Å². The summed E-state index contributed by atoms with van der Waals surface area (Å²) in [5, 5.41) is 0. The molecule has 0 unspecified atom stereocenters. The first-order chi connectivity index (χ1) is 9.56. The fourth-order valence-corrected chi connectivity index (χ4v) is 2.32. The summed E-state index contributed by atoms with van der Waals surface area (Å²) >= 11 is 0. The summed E-state index contributed by atoms with van der Waals surface area (Å²) in [5.74, 6) is -0.354. The molecule has 1 aromatic carbocycles. The molecule has 2 rings (SSSR count). The van der Waals surface area contributed by atoms with E-state index in [-0.39, 0.29) is 30.6 Å². The fraction of sp³-hybridized carbons (Fsp3) is 0.400. The van der Waals surface area contributed by atoms with Crippen LogP contribution in [0.3, 0.4) is 0 Å². The number of hydrogen-bond acceptors (Lipinski definition) is 3. The molecule has 1 fully saturated rings. The quantitative estimate of drug-likeness (QED) is 0.781. The van der Waals surface area contributed by atoms with Gasteiger partial charge in [-0.15, -0.1) is 0 Å². The first kappa shape index (κ1) is 14.2. The van der Waals surface area contributed by atoms with Crippen LogP contribution in [0.15, 0.2) is 24.3 Å². The molecule has 1 aliphatic rings. The Morgan fingerprint density at radius 1 is 1.25 bits per heavy atom. The monoisotopic (exact) mass is 274 g/mol. The first-order valence-corrected chi connectivity index (χ1v) is 6.78. The maximum Gasteiger partial charge on any atom is 0.253 e. The van der Waals surface area contributed by atoms with Crippen molar-refractivity contribution in [3.63, 3.8) is 0 Å². The van der Waals surface area contributed by atoms with E-state index in [9.17, 15) is 14.4 Å². The van der Waals surface area contributed by atoms with Gasteiger partial charge >= 0.3 is 0 Å². The van der Waals surface area contributed by atoms with Crippen LogP contribution in [-0.2, 0) is 9.59 Å². The minimum absolute atomic E-state index is 0.0474. The number of nitrogens with zero attached hydrogens (tertiary/aromatic N) is 2. The average Bonchev–Trinajstić information content (AvgIpc) is 2.79. The van der Waals surface area contributed by atoms with Crippen molar-refractivity contribution < 1.29 is 14.4 Å². The number of benzene rings is 1. The van der Waals surface area contributed by atoms with Crippen molar-refractivity contribution >= 4 is 23.3 Å². The molecule has 1 heterocycles. The topological polar surface area (TPSA) is 57.7 Å². The Labute approximate surface area is 118 Å². The van der Waals surface area contributed by atoms with Gasteiger partial charge in [0, 0.05) is 24.3 Å². The first-order valence-electron chi connectivity index (χ1n) is 6.78. The molecule has 0 radical (unpaired) electrons. The standard InChI is InChI=1S/C15H18N2O3/c1-3-16(4-2)15(20)11-6-5-7-12(8-11)17-10-13(18)9-14(17)19/h5-8H,3-4,9-10H2,1-2H3. The molecule has 0 N–H and O–H groups in total. The summed E-state index contributed by atoms with van der Waals surface area (Å²) in [5.41, 5.74) is 1.15. The number of anilines is 1. The second-order valence-corrected chi connectivity index (χ2v) is 4.72. The zero-order valence-corrected chi connectivity index (χ0v) is 11.8. The Balaban J connectivity index is 2.26. The molecule has 2 amide bonds. The summed E-state index contributed by atoms with van der Waals surface area (Å²) in [6.07, 6.45) is -0.0474. The molecular formula is C15H18N2O3. The summed E-state index contributed by atoms with van der Waals surface area (Å²) in [4.78, 5) is 38.5. The second kappa shape index (κ2) is 5.86. The maximum absolute atomic E-state index is 12.3. The largest absolute Gasteiger partial charge is 0.339 e. The molecule has 0 spiro atoms. The Hall–Kier alpha value is -2.17. The van der Waals surface area contributed by atoms with Crippen molar-refractivity contribution in [2.45, 2.75) is 20.3 Å². The van der Waals surface area contributed by atoms with Gasteiger partial charge in [-0.3, -0.25) is 14.4 Å². The van der Waals surface area contributed by atoms with E-state index in [4.69, 9.17) is 0 Å². The second-order valence-electron chi connectivity index (χ2n) is 4.72. The van der Waals surface area contributed by atoms with Gasteiger partial charge in [0.1, 0.15) is 0 Å². The van der Waals surface area contributed by atoms with Crippen molar-refractivity contribution in [3.05, 3.63) is 29.8 Å². The van der Waals surface area contributed by atoms with Gasteiger partial charge in [0.15, 0.2) is 5.78 Å². The molecular weight excluding hydrogens is 256 g/mol. The molecule has 0 saturated carbocycles. The molecule has 106 valence electrons. The molecule has 5 heteroatoms. The van der Waals surface area contributed by atoms with E-state index in [1.807, 2.05) is 13.8 Å². The van der Waals surface area contributed by atoms with Gasteiger partial charge in [-0.05, 0) is 32.0 Å². The number of rotatable bonds is 4. The Morgan fingerprint density at radius 3 is 2.50 bits per heavy atom. The highest BCUT2D eigenvalue weighted by Gasteiger charge is 2.29. The zero-order valence-electron chi connectivity index (χ0n) is 11.8. The number of amides is 2. The predicted molar refractivity (Wildman–Crippen MR) is 75.7 cm³/mol. The Bertz CT molecular complexity index is 550. The highest BCUT2D eigenvalue weighted by atomic mass is 16.2. The number of carbonyl (C=O) groups excluding carboxylic acids is 3. The van der Waals surface area contributed by atoms with E-state index in [1.54, 1.807) is 29.2 Å². The third-order valence-corrected chi connectivity index (χ3v) is 3.44. The number of ketones is 1. The highest BCUT2D eigenvalue weighted by molar-refractivity contribution is 6.15. The lowest BCUT2D eigenvalue weighted by Crippen LogP contribution is -2.31. The number of Topliss-reactive ketones (excluding diaryl/α,β-unsaturated/α-hetero) is 1. The van der Waals surface area contributed by atoms with Crippen molar-refractivity contribution in [1.82, 2.24) is 4.90 Å². The minimum Gasteiger partial charge on any atom is -0.339 e. The third-order valence-electron chi connectivity index (χ3n) is 3.44. The van der Waals surface area contributed by atoms with Gasteiger partial charge in [0.05, 0.1) is 13.0 Å². The van der Waals surface area contributed by atoms with Gasteiger partial charge in [-0.25, -0.2) is 0 Å². The normalized spacial score (nSPS) is 14.8. The highest BCUT2D eigenvalue weighted by Crippen LogP contribution is 2.21. The van der Waals surface area contributed by atoms with Crippen LogP contribution in [0, 0.1) is 0 Å². The average molecular weight is 274 g/mol. The van der Waals surface area contributed by atoms with E-state index in [0.29, 0.717) is 24.3 Å². The Kier molecular flexibility index (Phi) is 4.17. The van der Waals surface area contributed by atoms with Crippen LogP contribution in [0.4, 0.5) is 5.69 Å². The lowest BCUT2D eigenvalue weighted by molar-refractivity contribution is -0.121. The van der Waals surface area contributed by atoms with E-state index in [1.165, 1.54) is 4.90 Å². The molecule has 0 aromatic heterocycles. The summed E-state index contributed by atoms with van der Waals surface area (Å²) in [6, 6.07) is 6.89. The van der Waals surface area contributed by atoms with Gasteiger partial charge in [-0.1, -0.05) is 6.07 Å². The summed E-state index contributed by atoms with van der Waals surface area (Å²) < 4.78 is 0. The molecule has 20 heavy (non-hydrogen) atoms. The zero-order chi connectivity index (χ0) is 14.7. The summed E-state index contributed by atoms with van der Waals surface area (Å²) in [6.45, 7) is 5.23. The molecule has 1 saturated heterocycles. The van der Waals surface area contributed by atoms with Crippen molar-refractivity contribution in [2.75, 3.05) is 24.5 Å². The van der Waals surface area contributed by atoms with E-state index < -0.39 is 0 Å². The SMILES string of the molecule is CCN(CC)C(=O)c1cccc(N2CC(=O)CC2=O)c1. The number of carbonyl (C=O) groups is 3. The molecule has 1 aromatic rings. The van der Waals surface area contributed by atoms with Gasteiger partial charge in [0.2, 0.25) is 5.91 Å². The molecule has 0 aliphatic carbocycles. The van der Waals surface area contributed by atoms with Crippen LogP contribution in [0.2, 0.25) is 0 Å². The van der Waals surface area contributed by atoms with Crippen molar-refractivity contribution in [3.8, 4) is 0 Å². The molecule has 0 bridgehead atoms. The smallest absolute Gasteiger partial charge is 0.253 e.